The van der Waals surface area contributed by atoms with Crippen LogP contribution >= 0.6 is 0 Å². The molecule has 0 spiro atoms. The Morgan fingerprint density at radius 2 is 2.27 bits per heavy atom. The molecule has 1 heteroatoms. The first-order chi connectivity index (χ1) is 7.33. The van der Waals surface area contributed by atoms with Gasteiger partial charge in [0.2, 0.25) is 0 Å². The minimum atomic E-state index is 0.658. The van der Waals surface area contributed by atoms with E-state index in [0.29, 0.717) is 6.04 Å². The zero-order chi connectivity index (χ0) is 10.7. The maximum Gasteiger partial charge on any atom is 0.0101 e. The third kappa shape index (κ3) is 2.55. The predicted molar refractivity (Wildman–Crippen MR) is 64.5 cm³/mol. The SMILES string of the molecule is C#CCCC(CC1CC2CCC1C2)NC. The Bertz CT molecular complexity index is 240. The summed E-state index contributed by atoms with van der Waals surface area (Å²) >= 11 is 0. The summed E-state index contributed by atoms with van der Waals surface area (Å²) in [5, 5.41) is 3.43. The summed E-state index contributed by atoms with van der Waals surface area (Å²) in [6.45, 7) is 0. The maximum absolute atomic E-state index is 5.32. The zero-order valence-electron chi connectivity index (χ0n) is 9.84. The minimum absolute atomic E-state index is 0.658. The van der Waals surface area contributed by atoms with Crippen molar-refractivity contribution in [3.63, 3.8) is 0 Å². The van der Waals surface area contributed by atoms with Crippen LogP contribution in [-0.4, -0.2) is 13.1 Å². The van der Waals surface area contributed by atoms with Gasteiger partial charge in [0.05, 0.1) is 0 Å². The number of fused-ring (bicyclic) bond motifs is 2. The van der Waals surface area contributed by atoms with Gasteiger partial charge in [0.25, 0.3) is 0 Å². The molecule has 0 amide bonds. The van der Waals surface area contributed by atoms with E-state index in [4.69, 9.17) is 6.42 Å². The molecule has 15 heavy (non-hydrogen) atoms. The predicted octanol–water partition coefficient (Wildman–Crippen LogP) is 2.81. The van der Waals surface area contributed by atoms with Crippen molar-refractivity contribution in [2.45, 2.75) is 51.0 Å². The van der Waals surface area contributed by atoms with Crippen molar-refractivity contribution in [2.75, 3.05) is 7.05 Å². The highest BCUT2D eigenvalue weighted by Gasteiger charge is 2.39. The highest BCUT2D eigenvalue weighted by molar-refractivity contribution is 4.92. The first kappa shape index (κ1) is 11.0. The summed E-state index contributed by atoms with van der Waals surface area (Å²) in [6.07, 6.45) is 14.8. The Morgan fingerprint density at radius 1 is 1.40 bits per heavy atom. The molecular formula is C14H23N. The molecule has 84 valence electrons. The summed E-state index contributed by atoms with van der Waals surface area (Å²) in [4.78, 5) is 0. The zero-order valence-corrected chi connectivity index (χ0v) is 9.84. The van der Waals surface area contributed by atoms with Gasteiger partial charge in [-0.2, -0.15) is 0 Å². The monoisotopic (exact) mass is 205 g/mol. The van der Waals surface area contributed by atoms with Crippen molar-refractivity contribution in [2.24, 2.45) is 17.8 Å². The minimum Gasteiger partial charge on any atom is -0.317 e. The molecule has 0 saturated heterocycles. The van der Waals surface area contributed by atoms with E-state index in [1.165, 1.54) is 32.1 Å². The molecule has 0 aromatic heterocycles. The van der Waals surface area contributed by atoms with Crippen molar-refractivity contribution >= 4 is 0 Å². The largest absolute Gasteiger partial charge is 0.317 e. The van der Waals surface area contributed by atoms with E-state index in [2.05, 4.69) is 18.3 Å². The molecular weight excluding hydrogens is 182 g/mol. The van der Waals surface area contributed by atoms with Gasteiger partial charge in [0.15, 0.2) is 0 Å². The average molecular weight is 205 g/mol. The maximum atomic E-state index is 5.32. The lowest BCUT2D eigenvalue weighted by atomic mass is 9.83. The fourth-order valence-electron chi connectivity index (χ4n) is 3.67. The molecule has 2 aliphatic carbocycles. The van der Waals surface area contributed by atoms with Crippen LogP contribution in [0.15, 0.2) is 0 Å². The summed E-state index contributed by atoms with van der Waals surface area (Å²) in [6, 6.07) is 0.658. The summed E-state index contributed by atoms with van der Waals surface area (Å²) in [7, 11) is 2.08. The first-order valence-corrected chi connectivity index (χ1v) is 6.44. The number of hydrogen-bond acceptors (Lipinski definition) is 1. The van der Waals surface area contributed by atoms with Crippen LogP contribution in [0, 0.1) is 30.1 Å². The highest BCUT2D eigenvalue weighted by Crippen LogP contribution is 2.49. The number of terminal acetylenes is 1. The normalized spacial score (nSPS) is 35.3. The van der Waals surface area contributed by atoms with Crippen LogP contribution in [0.4, 0.5) is 0 Å². The molecule has 4 atom stereocenters. The van der Waals surface area contributed by atoms with Gasteiger partial charge in [-0.25, -0.2) is 0 Å². The van der Waals surface area contributed by atoms with E-state index in [1.807, 2.05) is 0 Å². The molecule has 0 aliphatic heterocycles. The van der Waals surface area contributed by atoms with Crippen LogP contribution in [0.5, 0.6) is 0 Å². The molecule has 2 fully saturated rings. The lowest BCUT2D eigenvalue weighted by molar-refractivity contribution is 0.278. The van der Waals surface area contributed by atoms with Crippen LogP contribution in [0.2, 0.25) is 0 Å². The fraction of sp³-hybridized carbons (Fsp3) is 0.857. The van der Waals surface area contributed by atoms with E-state index < -0.39 is 0 Å². The van der Waals surface area contributed by atoms with E-state index in [1.54, 1.807) is 0 Å². The summed E-state index contributed by atoms with van der Waals surface area (Å²) in [5.74, 6) is 5.88. The van der Waals surface area contributed by atoms with Crippen LogP contribution in [0.3, 0.4) is 0 Å². The Kier molecular flexibility index (Phi) is 3.70. The van der Waals surface area contributed by atoms with Gasteiger partial charge in [0.1, 0.15) is 0 Å². The molecule has 2 bridgehead atoms. The van der Waals surface area contributed by atoms with Gasteiger partial charge in [-0.3, -0.25) is 0 Å². The van der Waals surface area contributed by atoms with Crippen molar-refractivity contribution in [1.29, 1.82) is 0 Å². The standard InChI is InChI=1S/C14H23N/c1-3-4-5-14(15-2)10-13-9-11-6-7-12(13)8-11/h1,11-15H,4-10H2,2H3. The smallest absolute Gasteiger partial charge is 0.0101 e. The van der Waals surface area contributed by atoms with Crippen molar-refractivity contribution in [3.8, 4) is 12.3 Å². The van der Waals surface area contributed by atoms with Gasteiger partial charge >= 0.3 is 0 Å². The lowest BCUT2D eigenvalue weighted by Gasteiger charge is -2.26. The lowest BCUT2D eigenvalue weighted by Crippen LogP contribution is -2.29. The second-order valence-corrected chi connectivity index (χ2v) is 5.40. The molecule has 0 heterocycles. The van der Waals surface area contributed by atoms with Gasteiger partial charge in [-0.15, -0.1) is 12.3 Å². The van der Waals surface area contributed by atoms with Crippen molar-refractivity contribution < 1.29 is 0 Å². The van der Waals surface area contributed by atoms with E-state index in [0.717, 1.165) is 30.6 Å². The second-order valence-electron chi connectivity index (χ2n) is 5.40. The Balaban J connectivity index is 1.77. The number of hydrogen-bond donors (Lipinski definition) is 1. The molecule has 2 rings (SSSR count). The van der Waals surface area contributed by atoms with Gasteiger partial charge in [-0.1, -0.05) is 6.42 Å². The number of nitrogens with one attached hydrogen (secondary N) is 1. The molecule has 4 unspecified atom stereocenters. The summed E-state index contributed by atoms with van der Waals surface area (Å²) < 4.78 is 0. The number of rotatable bonds is 5. The molecule has 1 N–H and O–H groups in total. The van der Waals surface area contributed by atoms with Crippen LogP contribution in [-0.2, 0) is 0 Å². The summed E-state index contributed by atoms with van der Waals surface area (Å²) in [5.41, 5.74) is 0. The highest BCUT2D eigenvalue weighted by atomic mass is 14.9. The van der Waals surface area contributed by atoms with Crippen LogP contribution in [0.25, 0.3) is 0 Å². The second kappa shape index (κ2) is 5.03. The van der Waals surface area contributed by atoms with Crippen molar-refractivity contribution in [3.05, 3.63) is 0 Å². The van der Waals surface area contributed by atoms with Gasteiger partial charge in [-0.05, 0) is 56.9 Å². The first-order valence-electron chi connectivity index (χ1n) is 6.44. The Morgan fingerprint density at radius 3 is 2.80 bits per heavy atom. The molecule has 0 radical (unpaired) electrons. The average Bonchev–Trinajstić information content (AvgIpc) is 2.85. The van der Waals surface area contributed by atoms with E-state index in [9.17, 15) is 0 Å². The van der Waals surface area contributed by atoms with E-state index in [-0.39, 0.29) is 0 Å². The molecule has 0 aromatic carbocycles. The Hall–Kier alpha value is -0.480. The third-order valence-corrected chi connectivity index (χ3v) is 4.52. The van der Waals surface area contributed by atoms with Gasteiger partial charge in [0, 0.05) is 12.5 Å². The molecule has 0 aromatic rings. The quantitative estimate of drug-likeness (QED) is 0.681. The third-order valence-electron chi connectivity index (χ3n) is 4.52. The topological polar surface area (TPSA) is 12.0 Å². The van der Waals surface area contributed by atoms with Crippen LogP contribution < -0.4 is 5.32 Å². The van der Waals surface area contributed by atoms with Gasteiger partial charge < -0.3 is 5.32 Å². The fourth-order valence-corrected chi connectivity index (χ4v) is 3.67. The van der Waals surface area contributed by atoms with Crippen LogP contribution in [0.1, 0.15) is 44.9 Å². The molecule has 2 saturated carbocycles. The molecule has 1 nitrogen and oxygen atoms in total. The van der Waals surface area contributed by atoms with E-state index >= 15 is 0 Å². The molecule has 2 aliphatic rings. The van der Waals surface area contributed by atoms with Crippen molar-refractivity contribution in [1.82, 2.24) is 5.32 Å². The Labute approximate surface area is 94.0 Å².